The van der Waals surface area contributed by atoms with Crippen LogP contribution >= 0.6 is 0 Å². The lowest BCUT2D eigenvalue weighted by molar-refractivity contribution is 0.0709. The number of carbonyl (C=O) groups is 1. The molecule has 1 aliphatic rings. The maximum atomic E-state index is 12.6. The standard InChI is InChI=1S/C15H17N3O2/c19-9-8-18(10-11-3-4-11)15(20)14-13-12(5-7-17-14)2-1-6-16-13/h1-2,5-7,11,19H,3-4,8-10H2. The van der Waals surface area contributed by atoms with Gasteiger partial charge in [0.25, 0.3) is 5.91 Å². The average Bonchev–Trinajstić information content (AvgIpc) is 3.29. The largest absolute Gasteiger partial charge is 0.395 e. The number of nitrogens with zero attached hydrogens (tertiary/aromatic N) is 3. The normalized spacial score (nSPS) is 14.4. The summed E-state index contributed by atoms with van der Waals surface area (Å²) in [5.41, 5.74) is 0.996. The predicted molar refractivity (Wildman–Crippen MR) is 75.3 cm³/mol. The summed E-state index contributed by atoms with van der Waals surface area (Å²) in [7, 11) is 0. The van der Waals surface area contributed by atoms with Gasteiger partial charge in [-0.3, -0.25) is 9.78 Å². The number of carbonyl (C=O) groups excluding carboxylic acids is 1. The zero-order valence-electron chi connectivity index (χ0n) is 11.2. The number of fused-ring (bicyclic) bond motifs is 1. The Labute approximate surface area is 117 Å². The number of aliphatic hydroxyl groups is 1. The molecule has 2 aromatic heterocycles. The van der Waals surface area contributed by atoms with Gasteiger partial charge in [0.2, 0.25) is 0 Å². The molecule has 1 amide bonds. The van der Waals surface area contributed by atoms with Gasteiger partial charge in [0.15, 0.2) is 5.69 Å². The summed E-state index contributed by atoms with van der Waals surface area (Å²) in [6.45, 7) is 1.02. The predicted octanol–water partition coefficient (Wildman–Crippen LogP) is 1.47. The van der Waals surface area contributed by atoms with Crippen LogP contribution < -0.4 is 0 Å². The molecule has 104 valence electrons. The first-order valence-electron chi connectivity index (χ1n) is 6.89. The van der Waals surface area contributed by atoms with Gasteiger partial charge < -0.3 is 10.0 Å². The molecule has 1 fully saturated rings. The van der Waals surface area contributed by atoms with Crippen molar-refractivity contribution in [1.29, 1.82) is 0 Å². The molecule has 0 radical (unpaired) electrons. The van der Waals surface area contributed by atoms with E-state index in [1.807, 2.05) is 18.2 Å². The van der Waals surface area contributed by atoms with E-state index in [4.69, 9.17) is 5.11 Å². The average molecular weight is 271 g/mol. The summed E-state index contributed by atoms with van der Waals surface area (Å²) in [6.07, 6.45) is 5.62. The second kappa shape index (κ2) is 5.54. The van der Waals surface area contributed by atoms with Crippen molar-refractivity contribution >= 4 is 16.8 Å². The quantitative estimate of drug-likeness (QED) is 0.894. The minimum atomic E-state index is -0.143. The van der Waals surface area contributed by atoms with E-state index < -0.39 is 0 Å². The van der Waals surface area contributed by atoms with Gasteiger partial charge in [-0.15, -0.1) is 0 Å². The topological polar surface area (TPSA) is 66.3 Å². The molecular formula is C15H17N3O2. The van der Waals surface area contributed by atoms with Gasteiger partial charge in [0, 0.05) is 30.9 Å². The minimum absolute atomic E-state index is 0.0311. The van der Waals surface area contributed by atoms with Crippen molar-refractivity contribution in [3.63, 3.8) is 0 Å². The van der Waals surface area contributed by atoms with E-state index in [0.29, 0.717) is 30.2 Å². The van der Waals surface area contributed by atoms with Gasteiger partial charge in [0.1, 0.15) is 5.52 Å². The summed E-state index contributed by atoms with van der Waals surface area (Å²) in [5.74, 6) is 0.434. The van der Waals surface area contributed by atoms with Gasteiger partial charge in [-0.2, -0.15) is 0 Å². The number of rotatable bonds is 5. The number of aromatic nitrogens is 2. The molecule has 1 N–H and O–H groups in total. The highest BCUT2D eigenvalue weighted by atomic mass is 16.3. The van der Waals surface area contributed by atoms with Crippen LogP contribution in [0.15, 0.2) is 30.6 Å². The lowest BCUT2D eigenvalue weighted by atomic mass is 10.2. The molecule has 5 heteroatoms. The molecular weight excluding hydrogens is 254 g/mol. The number of amides is 1. The first kappa shape index (κ1) is 13.0. The fourth-order valence-electron chi connectivity index (χ4n) is 2.32. The van der Waals surface area contributed by atoms with E-state index in [1.54, 1.807) is 17.3 Å². The smallest absolute Gasteiger partial charge is 0.274 e. The minimum Gasteiger partial charge on any atom is -0.395 e. The Hall–Kier alpha value is -2.01. The third kappa shape index (κ3) is 2.63. The number of aliphatic hydroxyl groups excluding tert-OH is 1. The van der Waals surface area contributed by atoms with Crippen LogP contribution in [0.2, 0.25) is 0 Å². The summed E-state index contributed by atoms with van der Waals surface area (Å²) < 4.78 is 0. The van der Waals surface area contributed by atoms with Crippen LogP contribution in [-0.4, -0.2) is 45.6 Å². The fourth-order valence-corrected chi connectivity index (χ4v) is 2.32. The Morgan fingerprint density at radius 3 is 2.90 bits per heavy atom. The lowest BCUT2D eigenvalue weighted by Crippen LogP contribution is -2.36. The highest BCUT2D eigenvalue weighted by molar-refractivity contribution is 6.03. The Bertz CT molecular complexity index is 620. The third-order valence-corrected chi connectivity index (χ3v) is 3.56. The van der Waals surface area contributed by atoms with E-state index in [0.717, 1.165) is 18.2 Å². The number of hydrogen-bond acceptors (Lipinski definition) is 4. The Morgan fingerprint density at radius 2 is 2.15 bits per heavy atom. The molecule has 0 spiro atoms. The lowest BCUT2D eigenvalue weighted by Gasteiger charge is -2.21. The second-order valence-corrected chi connectivity index (χ2v) is 5.15. The Balaban J connectivity index is 1.93. The van der Waals surface area contributed by atoms with Crippen molar-refractivity contribution in [3.8, 4) is 0 Å². The third-order valence-electron chi connectivity index (χ3n) is 3.56. The molecule has 0 aliphatic heterocycles. The van der Waals surface area contributed by atoms with Gasteiger partial charge in [-0.1, -0.05) is 6.07 Å². The molecule has 5 nitrogen and oxygen atoms in total. The van der Waals surface area contributed by atoms with Gasteiger partial charge in [-0.05, 0) is 30.9 Å². The van der Waals surface area contributed by atoms with Gasteiger partial charge >= 0.3 is 0 Å². The van der Waals surface area contributed by atoms with Crippen molar-refractivity contribution in [2.24, 2.45) is 5.92 Å². The van der Waals surface area contributed by atoms with Crippen LogP contribution in [0, 0.1) is 5.92 Å². The fraction of sp³-hybridized carbons (Fsp3) is 0.400. The molecule has 20 heavy (non-hydrogen) atoms. The van der Waals surface area contributed by atoms with Crippen molar-refractivity contribution in [3.05, 3.63) is 36.3 Å². The van der Waals surface area contributed by atoms with E-state index in [2.05, 4.69) is 9.97 Å². The Kier molecular flexibility index (Phi) is 3.60. The number of hydrogen-bond donors (Lipinski definition) is 1. The monoisotopic (exact) mass is 271 g/mol. The highest BCUT2D eigenvalue weighted by Gasteiger charge is 2.28. The van der Waals surface area contributed by atoms with Crippen molar-refractivity contribution in [2.45, 2.75) is 12.8 Å². The number of pyridine rings is 2. The van der Waals surface area contributed by atoms with Crippen molar-refractivity contribution in [2.75, 3.05) is 19.7 Å². The van der Waals surface area contributed by atoms with Crippen LogP contribution in [-0.2, 0) is 0 Å². The van der Waals surface area contributed by atoms with Crippen molar-refractivity contribution < 1.29 is 9.90 Å². The van der Waals surface area contributed by atoms with E-state index >= 15 is 0 Å². The molecule has 3 rings (SSSR count). The molecule has 1 aliphatic carbocycles. The molecule has 0 unspecified atom stereocenters. The van der Waals surface area contributed by atoms with Gasteiger partial charge in [0.05, 0.1) is 6.61 Å². The van der Waals surface area contributed by atoms with Crippen LogP contribution in [0.25, 0.3) is 10.9 Å². The van der Waals surface area contributed by atoms with Crippen molar-refractivity contribution in [1.82, 2.24) is 14.9 Å². The molecule has 2 aromatic rings. The van der Waals surface area contributed by atoms with E-state index in [1.165, 1.54) is 0 Å². The van der Waals surface area contributed by atoms with Crippen LogP contribution in [0.5, 0.6) is 0 Å². The SMILES string of the molecule is O=C(c1nccc2cccnc12)N(CCO)CC1CC1. The second-order valence-electron chi connectivity index (χ2n) is 5.15. The Morgan fingerprint density at radius 1 is 1.30 bits per heavy atom. The molecule has 0 atom stereocenters. The summed E-state index contributed by atoms with van der Waals surface area (Å²) in [6, 6.07) is 5.60. The van der Waals surface area contributed by atoms with Crippen LogP contribution in [0.4, 0.5) is 0 Å². The first-order valence-corrected chi connectivity index (χ1v) is 6.89. The summed E-state index contributed by atoms with van der Waals surface area (Å²) in [4.78, 5) is 22.8. The zero-order chi connectivity index (χ0) is 13.9. The molecule has 0 saturated heterocycles. The van der Waals surface area contributed by atoms with E-state index in [-0.39, 0.29) is 12.5 Å². The maximum absolute atomic E-state index is 12.6. The van der Waals surface area contributed by atoms with E-state index in [9.17, 15) is 4.79 Å². The summed E-state index contributed by atoms with van der Waals surface area (Å²) >= 11 is 0. The first-order chi connectivity index (χ1) is 9.79. The molecule has 2 heterocycles. The van der Waals surface area contributed by atoms with Crippen LogP contribution in [0.1, 0.15) is 23.3 Å². The molecule has 0 bridgehead atoms. The van der Waals surface area contributed by atoms with Crippen LogP contribution in [0.3, 0.4) is 0 Å². The molecule has 0 aromatic carbocycles. The zero-order valence-corrected chi connectivity index (χ0v) is 11.2. The van der Waals surface area contributed by atoms with Gasteiger partial charge in [-0.25, -0.2) is 4.98 Å². The highest BCUT2D eigenvalue weighted by Crippen LogP contribution is 2.30. The maximum Gasteiger partial charge on any atom is 0.274 e. The summed E-state index contributed by atoms with van der Waals surface area (Å²) in [5, 5.41) is 10.1. The molecule has 1 saturated carbocycles.